The fraction of sp³-hybridized carbons (Fsp3) is 0.923. The van der Waals surface area contributed by atoms with Gasteiger partial charge in [-0.3, -0.25) is 4.79 Å². The second-order valence-corrected chi connectivity index (χ2v) is 5.69. The van der Waals surface area contributed by atoms with Crippen LogP contribution in [0.5, 0.6) is 0 Å². The van der Waals surface area contributed by atoms with E-state index in [1.807, 2.05) is 6.92 Å². The minimum atomic E-state index is 0.0927. The molecule has 0 heterocycles. The molecule has 1 N–H and O–H groups in total. The zero-order chi connectivity index (χ0) is 11.8. The lowest BCUT2D eigenvalue weighted by Crippen LogP contribution is -2.62. The van der Waals surface area contributed by atoms with Gasteiger partial charge in [-0.05, 0) is 26.2 Å². The van der Waals surface area contributed by atoms with Gasteiger partial charge in [-0.2, -0.15) is 0 Å². The van der Waals surface area contributed by atoms with E-state index < -0.39 is 0 Å². The summed E-state index contributed by atoms with van der Waals surface area (Å²) in [7, 11) is 0. The van der Waals surface area contributed by atoms with Crippen molar-refractivity contribution in [2.45, 2.75) is 58.6 Å². The summed E-state index contributed by atoms with van der Waals surface area (Å²) >= 11 is 0. The Hall–Kier alpha value is -0.570. The number of carbonyl (C=O) groups excluding carboxylic acids is 1. The molecule has 0 aromatic rings. The monoisotopic (exact) mass is 225 g/mol. The number of amides is 1. The first-order valence-corrected chi connectivity index (χ1v) is 6.47. The molecule has 0 aliphatic heterocycles. The summed E-state index contributed by atoms with van der Waals surface area (Å²) in [6.07, 6.45) is 4.65. The molecule has 2 aliphatic rings. The lowest BCUT2D eigenvalue weighted by atomic mass is 9.64. The molecule has 0 aromatic carbocycles. The summed E-state index contributed by atoms with van der Waals surface area (Å²) in [4.78, 5) is 11.8. The minimum Gasteiger partial charge on any atom is -0.378 e. The van der Waals surface area contributed by atoms with Crippen molar-refractivity contribution in [2.24, 2.45) is 11.3 Å². The summed E-state index contributed by atoms with van der Waals surface area (Å²) in [6.45, 7) is 7.15. The number of hydrogen-bond acceptors (Lipinski definition) is 2. The molecule has 2 atom stereocenters. The molecule has 1 amide bonds. The van der Waals surface area contributed by atoms with Crippen LogP contribution >= 0.6 is 0 Å². The first-order valence-electron chi connectivity index (χ1n) is 6.47. The van der Waals surface area contributed by atoms with Crippen LogP contribution in [0.2, 0.25) is 0 Å². The molecular formula is C13H23NO2. The molecule has 16 heavy (non-hydrogen) atoms. The number of hydrogen-bond donors (Lipinski definition) is 1. The highest BCUT2D eigenvalue weighted by atomic mass is 16.5. The Morgan fingerprint density at radius 3 is 2.56 bits per heavy atom. The van der Waals surface area contributed by atoms with Gasteiger partial charge in [0.2, 0.25) is 5.91 Å². The van der Waals surface area contributed by atoms with Crippen LogP contribution < -0.4 is 5.32 Å². The predicted octanol–water partition coefficient (Wildman–Crippen LogP) is 2.11. The third-order valence-electron chi connectivity index (χ3n) is 4.34. The number of nitrogens with one attached hydrogen (secondary N) is 1. The lowest BCUT2D eigenvalue weighted by Gasteiger charge is -2.52. The normalized spacial score (nSPS) is 32.7. The molecule has 0 saturated heterocycles. The van der Waals surface area contributed by atoms with E-state index in [-0.39, 0.29) is 11.3 Å². The van der Waals surface area contributed by atoms with E-state index in [1.54, 1.807) is 0 Å². The first-order chi connectivity index (χ1) is 7.55. The molecule has 0 bridgehead atoms. The molecule has 2 fully saturated rings. The molecule has 0 spiro atoms. The average molecular weight is 225 g/mol. The van der Waals surface area contributed by atoms with Crippen molar-refractivity contribution in [2.75, 3.05) is 6.61 Å². The Kier molecular flexibility index (Phi) is 3.24. The van der Waals surface area contributed by atoms with E-state index in [2.05, 4.69) is 19.2 Å². The van der Waals surface area contributed by atoms with E-state index in [4.69, 9.17) is 4.74 Å². The average Bonchev–Trinajstić information content (AvgIpc) is 2.13. The van der Waals surface area contributed by atoms with Crippen LogP contribution in [0.4, 0.5) is 0 Å². The van der Waals surface area contributed by atoms with E-state index in [0.717, 1.165) is 25.9 Å². The topological polar surface area (TPSA) is 38.3 Å². The Morgan fingerprint density at radius 2 is 2.12 bits per heavy atom. The summed E-state index contributed by atoms with van der Waals surface area (Å²) in [5, 5.41) is 3.18. The van der Waals surface area contributed by atoms with Gasteiger partial charge in [0.1, 0.15) is 0 Å². The molecular weight excluding hydrogens is 202 g/mol. The van der Waals surface area contributed by atoms with Gasteiger partial charge in [-0.1, -0.05) is 20.3 Å². The molecule has 2 rings (SSSR count). The lowest BCUT2D eigenvalue weighted by molar-refractivity contribution is -0.141. The van der Waals surface area contributed by atoms with Crippen LogP contribution in [-0.2, 0) is 9.53 Å². The second-order valence-electron chi connectivity index (χ2n) is 5.69. The molecule has 2 saturated carbocycles. The third-order valence-corrected chi connectivity index (χ3v) is 4.34. The third kappa shape index (κ3) is 1.97. The maximum atomic E-state index is 11.8. The van der Waals surface area contributed by atoms with Gasteiger partial charge in [0.25, 0.3) is 0 Å². The second kappa shape index (κ2) is 4.36. The van der Waals surface area contributed by atoms with Crippen LogP contribution in [0.3, 0.4) is 0 Å². The largest absolute Gasteiger partial charge is 0.378 e. The SMILES string of the molecule is CCOC1CC(NC(=O)C2CCC2)C1(C)C. The van der Waals surface area contributed by atoms with Gasteiger partial charge in [0, 0.05) is 24.0 Å². The zero-order valence-electron chi connectivity index (χ0n) is 10.6. The van der Waals surface area contributed by atoms with Gasteiger partial charge in [-0.15, -0.1) is 0 Å². The predicted molar refractivity (Wildman–Crippen MR) is 63.1 cm³/mol. The van der Waals surface area contributed by atoms with Gasteiger partial charge >= 0.3 is 0 Å². The van der Waals surface area contributed by atoms with Crippen LogP contribution in [0.15, 0.2) is 0 Å². The Balaban J connectivity index is 1.81. The van der Waals surface area contributed by atoms with Gasteiger partial charge in [0.15, 0.2) is 0 Å². The molecule has 0 aromatic heterocycles. The smallest absolute Gasteiger partial charge is 0.223 e. The molecule has 3 nitrogen and oxygen atoms in total. The number of ether oxygens (including phenoxy) is 1. The highest BCUT2D eigenvalue weighted by Crippen LogP contribution is 2.43. The first kappa shape index (κ1) is 11.9. The fourth-order valence-corrected chi connectivity index (χ4v) is 2.57. The maximum Gasteiger partial charge on any atom is 0.223 e. The molecule has 2 unspecified atom stereocenters. The summed E-state index contributed by atoms with van der Waals surface area (Å²) in [5.41, 5.74) is 0.0927. The van der Waals surface area contributed by atoms with Crippen LogP contribution in [0.1, 0.15) is 46.5 Å². The fourth-order valence-electron chi connectivity index (χ4n) is 2.57. The van der Waals surface area contributed by atoms with Crippen molar-refractivity contribution in [1.82, 2.24) is 5.32 Å². The Morgan fingerprint density at radius 1 is 1.44 bits per heavy atom. The van der Waals surface area contributed by atoms with Crippen molar-refractivity contribution in [3.05, 3.63) is 0 Å². The highest BCUT2D eigenvalue weighted by molar-refractivity contribution is 5.79. The Labute approximate surface area is 97.9 Å². The molecule has 3 heteroatoms. The van der Waals surface area contributed by atoms with Crippen LogP contribution in [-0.4, -0.2) is 24.7 Å². The van der Waals surface area contributed by atoms with Crippen molar-refractivity contribution < 1.29 is 9.53 Å². The van der Waals surface area contributed by atoms with Crippen LogP contribution in [0.25, 0.3) is 0 Å². The quantitative estimate of drug-likeness (QED) is 0.795. The van der Waals surface area contributed by atoms with E-state index in [0.29, 0.717) is 18.1 Å². The summed E-state index contributed by atoms with van der Waals surface area (Å²) in [6, 6.07) is 0.303. The zero-order valence-corrected chi connectivity index (χ0v) is 10.6. The molecule has 0 radical (unpaired) electrons. The molecule has 92 valence electrons. The van der Waals surface area contributed by atoms with Crippen molar-refractivity contribution in [3.63, 3.8) is 0 Å². The van der Waals surface area contributed by atoms with Crippen molar-refractivity contribution in [1.29, 1.82) is 0 Å². The van der Waals surface area contributed by atoms with Crippen LogP contribution in [0, 0.1) is 11.3 Å². The van der Waals surface area contributed by atoms with Gasteiger partial charge in [0.05, 0.1) is 6.10 Å². The molecule has 2 aliphatic carbocycles. The van der Waals surface area contributed by atoms with E-state index in [9.17, 15) is 4.79 Å². The number of rotatable bonds is 4. The summed E-state index contributed by atoms with van der Waals surface area (Å²) in [5.74, 6) is 0.557. The van der Waals surface area contributed by atoms with Gasteiger partial charge in [-0.25, -0.2) is 0 Å². The standard InChI is InChI=1S/C13H23NO2/c1-4-16-11-8-10(13(11,2)3)14-12(15)9-6-5-7-9/h9-11H,4-8H2,1-3H3,(H,14,15). The van der Waals surface area contributed by atoms with E-state index in [1.165, 1.54) is 6.42 Å². The summed E-state index contributed by atoms with van der Waals surface area (Å²) < 4.78 is 5.65. The maximum absolute atomic E-state index is 11.8. The Bertz CT molecular complexity index is 271. The van der Waals surface area contributed by atoms with Crippen molar-refractivity contribution in [3.8, 4) is 0 Å². The minimum absolute atomic E-state index is 0.0927. The highest BCUT2D eigenvalue weighted by Gasteiger charge is 2.50. The van der Waals surface area contributed by atoms with Crippen molar-refractivity contribution >= 4 is 5.91 Å². The number of carbonyl (C=O) groups is 1. The van der Waals surface area contributed by atoms with E-state index >= 15 is 0 Å². The van der Waals surface area contributed by atoms with Gasteiger partial charge < -0.3 is 10.1 Å².